The van der Waals surface area contributed by atoms with Crippen molar-refractivity contribution < 1.29 is 18.0 Å². The molecular weight excluding hydrogens is 392 g/mol. The molecule has 0 saturated carbocycles. The lowest BCUT2D eigenvalue weighted by Crippen LogP contribution is -2.41. The minimum Gasteiger partial charge on any atom is -0.364 e. The van der Waals surface area contributed by atoms with Crippen LogP contribution in [0.4, 0.5) is 5.69 Å². The summed E-state index contributed by atoms with van der Waals surface area (Å²) in [6.45, 7) is 2.54. The van der Waals surface area contributed by atoms with Crippen LogP contribution in [-0.4, -0.2) is 42.2 Å². The van der Waals surface area contributed by atoms with E-state index in [9.17, 15) is 18.0 Å². The molecule has 1 aromatic heterocycles. The van der Waals surface area contributed by atoms with Crippen LogP contribution in [-0.2, 0) is 28.3 Å². The summed E-state index contributed by atoms with van der Waals surface area (Å²) in [6.07, 6.45) is 3.15. The van der Waals surface area contributed by atoms with E-state index in [-0.39, 0.29) is 35.5 Å². The molecule has 3 rings (SSSR count). The number of carbonyl (C=O) groups is 2. The maximum Gasteiger partial charge on any atom is 0.265 e. The van der Waals surface area contributed by atoms with Crippen molar-refractivity contribution in [2.45, 2.75) is 31.1 Å². The molecule has 1 aliphatic heterocycles. The van der Waals surface area contributed by atoms with Crippen LogP contribution in [0.25, 0.3) is 0 Å². The van der Waals surface area contributed by atoms with E-state index < -0.39 is 15.9 Å². The maximum atomic E-state index is 12.9. The zero-order valence-electron chi connectivity index (χ0n) is 16.6. The van der Waals surface area contributed by atoms with E-state index in [4.69, 9.17) is 5.73 Å². The van der Waals surface area contributed by atoms with Crippen molar-refractivity contribution in [1.29, 1.82) is 0 Å². The van der Waals surface area contributed by atoms with Crippen molar-refractivity contribution in [2.75, 3.05) is 18.4 Å². The smallest absolute Gasteiger partial charge is 0.265 e. The molecule has 0 atom stereocenters. The number of piperidine rings is 1. The van der Waals surface area contributed by atoms with Gasteiger partial charge in [0.1, 0.15) is 10.6 Å². The van der Waals surface area contributed by atoms with Gasteiger partial charge in [0.2, 0.25) is 15.9 Å². The van der Waals surface area contributed by atoms with Gasteiger partial charge in [-0.2, -0.15) is 4.31 Å². The lowest BCUT2D eigenvalue weighted by Gasteiger charge is -2.30. The number of nitrogens with zero attached hydrogens (tertiary/aromatic N) is 2. The number of benzene rings is 1. The summed E-state index contributed by atoms with van der Waals surface area (Å²) in [4.78, 5) is 24.0. The molecule has 0 spiro atoms. The van der Waals surface area contributed by atoms with E-state index in [0.29, 0.717) is 12.8 Å². The summed E-state index contributed by atoms with van der Waals surface area (Å²) in [7, 11) is -2.17. The Balaban J connectivity index is 1.64. The van der Waals surface area contributed by atoms with Crippen LogP contribution in [0.3, 0.4) is 0 Å². The summed E-state index contributed by atoms with van der Waals surface area (Å²) in [5.41, 5.74) is 7.30. The first-order valence-electron chi connectivity index (χ1n) is 9.58. The monoisotopic (exact) mass is 418 g/mol. The second kappa shape index (κ2) is 8.38. The molecule has 0 unspecified atom stereocenters. The highest BCUT2D eigenvalue weighted by atomic mass is 32.2. The van der Waals surface area contributed by atoms with Crippen LogP contribution in [0.15, 0.2) is 41.4 Å². The standard InChI is InChI=1S/C20H26N4O4S/c1-3-14-5-4-6-16(11-14)22-20(26)15-7-9-24(10-8-15)29(27,28)17-12-18(19(21)25)23(2)13-17/h4-6,11-13,15H,3,7-10H2,1-2H3,(H2,21,25)(H,22,26). The minimum atomic E-state index is -3.74. The molecule has 2 amide bonds. The number of hydrogen-bond donors (Lipinski definition) is 2. The molecule has 1 fully saturated rings. The van der Waals surface area contributed by atoms with Gasteiger partial charge in [0, 0.05) is 37.9 Å². The van der Waals surface area contributed by atoms with Gasteiger partial charge in [0.05, 0.1) is 0 Å². The van der Waals surface area contributed by atoms with Crippen molar-refractivity contribution in [2.24, 2.45) is 18.7 Å². The van der Waals surface area contributed by atoms with Gasteiger partial charge in [0.15, 0.2) is 0 Å². The second-order valence-electron chi connectivity index (χ2n) is 7.26. The molecule has 29 heavy (non-hydrogen) atoms. The fourth-order valence-electron chi connectivity index (χ4n) is 3.54. The quantitative estimate of drug-likeness (QED) is 0.743. The molecule has 0 aliphatic carbocycles. The van der Waals surface area contributed by atoms with E-state index in [1.165, 1.54) is 21.1 Å². The number of aryl methyl sites for hydroxylation is 2. The number of nitrogens with one attached hydrogen (secondary N) is 1. The Morgan fingerprint density at radius 1 is 1.21 bits per heavy atom. The Kier molecular flexibility index (Phi) is 6.09. The van der Waals surface area contributed by atoms with Gasteiger partial charge in [-0.25, -0.2) is 8.42 Å². The summed E-state index contributed by atoms with van der Waals surface area (Å²) in [5, 5.41) is 2.93. The predicted octanol–water partition coefficient (Wildman–Crippen LogP) is 1.73. The topological polar surface area (TPSA) is 114 Å². The molecule has 156 valence electrons. The number of anilines is 1. The molecule has 0 radical (unpaired) electrons. The van der Waals surface area contributed by atoms with E-state index in [1.54, 1.807) is 7.05 Å². The lowest BCUT2D eigenvalue weighted by molar-refractivity contribution is -0.120. The van der Waals surface area contributed by atoms with Crippen LogP contribution < -0.4 is 11.1 Å². The van der Waals surface area contributed by atoms with Crippen molar-refractivity contribution in [3.63, 3.8) is 0 Å². The lowest BCUT2D eigenvalue weighted by atomic mass is 9.97. The average Bonchev–Trinajstić information content (AvgIpc) is 3.11. The molecule has 3 N–H and O–H groups in total. The summed E-state index contributed by atoms with van der Waals surface area (Å²) in [5.74, 6) is -1.02. The molecule has 2 heterocycles. The fourth-order valence-corrected chi connectivity index (χ4v) is 5.08. The molecule has 9 heteroatoms. The second-order valence-corrected chi connectivity index (χ2v) is 9.20. The highest BCUT2D eigenvalue weighted by Gasteiger charge is 2.33. The number of nitrogens with two attached hydrogens (primary N) is 1. The van der Waals surface area contributed by atoms with Crippen molar-refractivity contribution in [1.82, 2.24) is 8.87 Å². The molecule has 0 bridgehead atoms. The number of primary amides is 1. The van der Waals surface area contributed by atoms with Crippen molar-refractivity contribution in [3.8, 4) is 0 Å². The van der Waals surface area contributed by atoms with E-state index in [0.717, 1.165) is 17.7 Å². The van der Waals surface area contributed by atoms with Gasteiger partial charge >= 0.3 is 0 Å². The van der Waals surface area contributed by atoms with E-state index in [2.05, 4.69) is 12.2 Å². The highest BCUT2D eigenvalue weighted by Crippen LogP contribution is 2.26. The number of hydrogen-bond acceptors (Lipinski definition) is 4. The van der Waals surface area contributed by atoms with Gasteiger partial charge in [-0.15, -0.1) is 0 Å². The fraction of sp³-hybridized carbons (Fsp3) is 0.400. The Morgan fingerprint density at radius 2 is 1.90 bits per heavy atom. The van der Waals surface area contributed by atoms with Gasteiger partial charge in [-0.1, -0.05) is 19.1 Å². The number of aromatic nitrogens is 1. The van der Waals surface area contributed by atoms with Crippen LogP contribution in [0, 0.1) is 5.92 Å². The van der Waals surface area contributed by atoms with Gasteiger partial charge in [0.25, 0.3) is 5.91 Å². The molecule has 1 aliphatic rings. The predicted molar refractivity (Wildman–Crippen MR) is 110 cm³/mol. The molecular formula is C20H26N4O4S. The van der Waals surface area contributed by atoms with Gasteiger partial charge < -0.3 is 15.6 Å². The Bertz CT molecular complexity index is 1020. The average molecular weight is 419 g/mol. The maximum absolute atomic E-state index is 12.9. The van der Waals surface area contributed by atoms with Gasteiger partial charge in [-0.3, -0.25) is 9.59 Å². The molecule has 1 aromatic carbocycles. The first kappa shape index (κ1) is 21.1. The van der Waals surface area contributed by atoms with Crippen molar-refractivity contribution >= 4 is 27.5 Å². The summed E-state index contributed by atoms with van der Waals surface area (Å²) in [6, 6.07) is 9.00. The van der Waals surface area contributed by atoms with Gasteiger partial charge in [-0.05, 0) is 43.0 Å². The van der Waals surface area contributed by atoms with Crippen LogP contribution in [0.2, 0.25) is 0 Å². The van der Waals surface area contributed by atoms with Crippen LogP contribution >= 0.6 is 0 Å². The normalized spacial score (nSPS) is 15.9. The van der Waals surface area contributed by atoms with E-state index >= 15 is 0 Å². The Hall–Kier alpha value is -2.65. The Morgan fingerprint density at radius 3 is 2.48 bits per heavy atom. The largest absolute Gasteiger partial charge is 0.364 e. The third-order valence-electron chi connectivity index (χ3n) is 5.30. The van der Waals surface area contributed by atoms with E-state index in [1.807, 2.05) is 24.3 Å². The number of amides is 2. The SMILES string of the molecule is CCc1cccc(NC(=O)C2CCN(S(=O)(=O)c3cc(C(N)=O)n(C)c3)CC2)c1. The minimum absolute atomic E-state index is 0.0353. The first-order chi connectivity index (χ1) is 13.7. The molecule has 8 nitrogen and oxygen atoms in total. The summed E-state index contributed by atoms with van der Waals surface area (Å²) < 4.78 is 28.5. The highest BCUT2D eigenvalue weighted by molar-refractivity contribution is 7.89. The van der Waals surface area contributed by atoms with Crippen LogP contribution in [0.5, 0.6) is 0 Å². The number of sulfonamides is 1. The third-order valence-corrected chi connectivity index (χ3v) is 7.16. The first-order valence-corrected chi connectivity index (χ1v) is 11.0. The number of rotatable bonds is 6. The molecule has 1 saturated heterocycles. The van der Waals surface area contributed by atoms with Crippen LogP contribution in [0.1, 0.15) is 35.8 Å². The summed E-state index contributed by atoms with van der Waals surface area (Å²) >= 11 is 0. The zero-order valence-corrected chi connectivity index (χ0v) is 17.4. The van der Waals surface area contributed by atoms with Crippen molar-refractivity contribution in [3.05, 3.63) is 47.8 Å². The zero-order chi connectivity index (χ0) is 21.2. The Labute approximate surface area is 170 Å². The third kappa shape index (κ3) is 4.51. The number of carbonyl (C=O) groups excluding carboxylic acids is 2. The molecule has 2 aromatic rings.